The van der Waals surface area contributed by atoms with Crippen molar-refractivity contribution in [1.82, 2.24) is 35.1 Å². The molecule has 4 N–H and O–H groups in total. The van der Waals surface area contributed by atoms with Crippen LogP contribution >= 0.6 is 0 Å². The Balaban J connectivity index is 1.04. The van der Waals surface area contributed by atoms with Crippen LogP contribution in [-0.2, 0) is 15.1 Å². The zero-order valence-corrected chi connectivity index (χ0v) is 32.8. The monoisotopic (exact) mass is 755 g/mol. The summed E-state index contributed by atoms with van der Waals surface area (Å²) in [5, 5.41) is 15.1. The summed E-state index contributed by atoms with van der Waals surface area (Å²) >= 11 is 0. The van der Waals surface area contributed by atoms with Gasteiger partial charge in [-0.05, 0) is 106 Å². The molecule has 0 radical (unpaired) electrons. The SMILES string of the molecule is COC(=O)N[C@H](C(=O)N1CCC[C@H]1c1nc2ccc(-c3ccc4cc(-c5ccc6nc([C@@]7(C(C)(C)C)CCCN7C(=O)O)[nH]c6c5)ccc4c3)cc2[nH]1)C(C)C. The van der Waals surface area contributed by atoms with E-state index in [2.05, 4.69) is 96.7 Å². The molecule has 3 amide bonds. The molecule has 12 nitrogen and oxygen atoms in total. The van der Waals surface area contributed by atoms with Crippen molar-refractivity contribution in [3.05, 3.63) is 84.4 Å². The fraction of sp³-hybridized carbons (Fsp3) is 0.386. The summed E-state index contributed by atoms with van der Waals surface area (Å²) in [6.45, 7) is 11.2. The first kappa shape index (κ1) is 37.0. The van der Waals surface area contributed by atoms with E-state index < -0.39 is 23.8 Å². The van der Waals surface area contributed by atoms with Gasteiger partial charge in [0, 0.05) is 13.1 Å². The first-order chi connectivity index (χ1) is 26.8. The molecule has 2 saturated heterocycles. The number of benzene rings is 4. The van der Waals surface area contributed by atoms with Gasteiger partial charge in [-0.15, -0.1) is 0 Å². The fourth-order valence-corrected chi connectivity index (χ4v) is 9.01. The Hall–Kier alpha value is -5.91. The fourth-order valence-electron chi connectivity index (χ4n) is 9.01. The average Bonchev–Trinajstić information content (AvgIpc) is 4.00. The molecule has 2 aliphatic heterocycles. The number of aromatic nitrogens is 4. The van der Waals surface area contributed by atoms with E-state index >= 15 is 0 Å². The highest BCUT2D eigenvalue weighted by Gasteiger charge is 2.55. The summed E-state index contributed by atoms with van der Waals surface area (Å²) in [5.74, 6) is 1.21. The number of aromatic amines is 2. The van der Waals surface area contributed by atoms with Crippen LogP contribution in [0.15, 0.2) is 72.8 Å². The summed E-state index contributed by atoms with van der Waals surface area (Å²) in [7, 11) is 1.30. The molecule has 2 aromatic heterocycles. The summed E-state index contributed by atoms with van der Waals surface area (Å²) in [4.78, 5) is 58.3. The van der Waals surface area contributed by atoms with E-state index in [0.717, 1.165) is 86.6 Å². The molecule has 0 spiro atoms. The lowest BCUT2D eigenvalue weighted by molar-refractivity contribution is -0.135. The number of nitrogens with zero attached hydrogens (tertiary/aromatic N) is 4. The standard InChI is InChI=1S/C44H49N7O5/c1-25(2)37(49-41(53)56-6)39(52)50-19-7-9-36(50)38-45-32-16-14-30(23-34(32)46-38)28-12-10-27-22-29(13-11-26(27)21-28)31-15-17-33-35(24-31)48-40(47-33)44(43(3,4)5)18-8-20-51(44)42(54)55/h10-17,21-25,36-37H,7-9,18-20H2,1-6H3,(H,45,46)(H,47,48)(H,49,53)(H,54,55)/t36-,37-,44+/m0/s1. The Morgan fingerprint density at radius 2 is 1.43 bits per heavy atom. The second kappa shape index (κ2) is 14.0. The van der Waals surface area contributed by atoms with Crippen LogP contribution in [0.2, 0.25) is 0 Å². The molecule has 12 heteroatoms. The molecule has 0 unspecified atom stereocenters. The van der Waals surface area contributed by atoms with Gasteiger partial charge in [-0.25, -0.2) is 19.6 Å². The maximum Gasteiger partial charge on any atom is 0.408 e. The van der Waals surface area contributed by atoms with Crippen molar-refractivity contribution in [2.45, 2.75) is 77.9 Å². The lowest BCUT2D eigenvalue weighted by atomic mass is 9.71. The van der Waals surface area contributed by atoms with Gasteiger partial charge in [-0.3, -0.25) is 9.69 Å². The molecule has 6 aromatic rings. The molecule has 290 valence electrons. The van der Waals surface area contributed by atoms with Crippen molar-refractivity contribution in [1.29, 1.82) is 0 Å². The maximum absolute atomic E-state index is 13.6. The average molecular weight is 756 g/mol. The summed E-state index contributed by atoms with van der Waals surface area (Å²) in [6, 6.07) is 24.4. The first-order valence-electron chi connectivity index (χ1n) is 19.5. The van der Waals surface area contributed by atoms with Crippen LogP contribution in [0.3, 0.4) is 0 Å². The third kappa shape index (κ3) is 6.30. The summed E-state index contributed by atoms with van der Waals surface area (Å²) < 4.78 is 4.78. The number of fused-ring (bicyclic) bond motifs is 3. The molecular formula is C44H49N7O5. The van der Waals surface area contributed by atoms with Crippen LogP contribution in [0.5, 0.6) is 0 Å². The molecule has 3 atom stereocenters. The number of amides is 3. The topological polar surface area (TPSA) is 157 Å². The minimum Gasteiger partial charge on any atom is -0.465 e. The molecule has 4 aromatic carbocycles. The Kier molecular flexibility index (Phi) is 9.25. The molecule has 2 aliphatic rings. The van der Waals surface area contributed by atoms with Gasteiger partial charge in [0.05, 0.1) is 35.2 Å². The minimum atomic E-state index is -0.914. The summed E-state index contributed by atoms with van der Waals surface area (Å²) in [6.07, 6.45) is 1.62. The number of hydrogen-bond donors (Lipinski definition) is 4. The summed E-state index contributed by atoms with van der Waals surface area (Å²) in [5.41, 5.74) is 6.60. The van der Waals surface area contributed by atoms with E-state index in [1.165, 1.54) is 7.11 Å². The zero-order chi connectivity index (χ0) is 39.5. The van der Waals surface area contributed by atoms with Crippen molar-refractivity contribution in [2.24, 2.45) is 11.3 Å². The van der Waals surface area contributed by atoms with Crippen LogP contribution < -0.4 is 5.32 Å². The van der Waals surface area contributed by atoms with Crippen molar-refractivity contribution in [3.8, 4) is 22.3 Å². The van der Waals surface area contributed by atoms with Crippen molar-refractivity contribution in [2.75, 3.05) is 20.2 Å². The van der Waals surface area contributed by atoms with E-state index in [4.69, 9.17) is 14.7 Å². The van der Waals surface area contributed by atoms with Crippen LogP contribution in [0, 0.1) is 11.3 Å². The lowest BCUT2D eigenvalue weighted by Gasteiger charge is -2.45. The van der Waals surface area contributed by atoms with Crippen molar-refractivity contribution in [3.63, 3.8) is 0 Å². The smallest absolute Gasteiger partial charge is 0.408 e. The Morgan fingerprint density at radius 1 is 0.839 bits per heavy atom. The van der Waals surface area contributed by atoms with Crippen LogP contribution in [0.1, 0.15) is 78.0 Å². The lowest BCUT2D eigenvalue weighted by Crippen LogP contribution is -2.53. The van der Waals surface area contributed by atoms with E-state index in [0.29, 0.717) is 18.9 Å². The molecule has 4 heterocycles. The molecule has 2 fully saturated rings. The van der Waals surface area contributed by atoms with E-state index in [1.54, 1.807) is 4.90 Å². The highest BCUT2D eigenvalue weighted by molar-refractivity contribution is 5.93. The quantitative estimate of drug-likeness (QED) is 0.127. The van der Waals surface area contributed by atoms with Gasteiger partial charge in [-0.1, -0.05) is 71.0 Å². The number of alkyl carbamates (subject to hydrolysis) is 1. The number of nitrogens with one attached hydrogen (secondary N) is 3. The van der Waals surface area contributed by atoms with Gasteiger partial charge in [-0.2, -0.15) is 0 Å². The third-order valence-corrected chi connectivity index (χ3v) is 12.0. The maximum atomic E-state index is 13.6. The molecule has 0 saturated carbocycles. The molecule has 0 aliphatic carbocycles. The number of methoxy groups -OCH3 is 1. The Morgan fingerprint density at radius 3 is 2.02 bits per heavy atom. The number of hydrogen-bond acceptors (Lipinski definition) is 6. The molecule has 8 rings (SSSR count). The van der Waals surface area contributed by atoms with Crippen molar-refractivity contribution < 1.29 is 24.2 Å². The van der Waals surface area contributed by atoms with Gasteiger partial charge in [0.2, 0.25) is 5.91 Å². The first-order valence-corrected chi connectivity index (χ1v) is 19.5. The molecular weight excluding hydrogens is 707 g/mol. The van der Waals surface area contributed by atoms with Crippen LogP contribution in [-0.4, -0.2) is 79.2 Å². The number of carbonyl (C=O) groups is 3. The number of imidazole rings is 2. The van der Waals surface area contributed by atoms with Crippen molar-refractivity contribution >= 4 is 50.9 Å². The van der Waals surface area contributed by atoms with Gasteiger partial charge < -0.3 is 30.0 Å². The number of ether oxygens (including phenoxy) is 1. The number of carboxylic acid groups (broad SMARTS) is 1. The number of carbonyl (C=O) groups excluding carboxylic acids is 2. The largest absolute Gasteiger partial charge is 0.465 e. The highest BCUT2D eigenvalue weighted by atomic mass is 16.5. The number of rotatable bonds is 7. The minimum absolute atomic E-state index is 0.104. The number of likely N-dealkylation sites (tertiary alicyclic amines) is 2. The number of H-pyrrole nitrogens is 2. The van der Waals surface area contributed by atoms with E-state index in [1.807, 2.05) is 30.9 Å². The van der Waals surface area contributed by atoms with E-state index in [-0.39, 0.29) is 23.3 Å². The third-order valence-electron chi connectivity index (χ3n) is 12.0. The molecule has 0 bridgehead atoms. The van der Waals surface area contributed by atoms with Crippen LogP contribution in [0.4, 0.5) is 9.59 Å². The second-order valence-corrected chi connectivity index (χ2v) is 16.6. The highest BCUT2D eigenvalue weighted by Crippen LogP contribution is 2.50. The Bertz CT molecular complexity index is 2500. The Labute approximate surface area is 325 Å². The van der Waals surface area contributed by atoms with Gasteiger partial charge in [0.1, 0.15) is 23.2 Å². The van der Waals surface area contributed by atoms with Gasteiger partial charge in [0.15, 0.2) is 0 Å². The van der Waals surface area contributed by atoms with Crippen LogP contribution in [0.25, 0.3) is 55.1 Å². The van der Waals surface area contributed by atoms with Gasteiger partial charge >= 0.3 is 12.2 Å². The zero-order valence-electron chi connectivity index (χ0n) is 32.8. The van der Waals surface area contributed by atoms with Gasteiger partial charge in [0.25, 0.3) is 0 Å². The predicted octanol–water partition coefficient (Wildman–Crippen LogP) is 8.99. The second-order valence-electron chi connectivity index (χ2n) is 16.6. The normalized spacial score (nSPS) is 19.4. The van der Waals surface area contributed by atoms with E-state index in [9.17, 15) is 19.5 Å². The molecule has 56 heavy (non-hydrogen) atoms. The predicted molar refractivity (Wildman–Crippen MR) is 217 cm³/mol.